The van der Waals surface area contributed by atoms with Crippen LogP contribution in [0.25, 0.3) is 0 Å². The van der Waals surface area contributed by atoms with Crippen molar-refractivity contribution < 1.29 is 9.90 Å². The van der Waals surface area contributed by atoms with E-state index in [-0.39, 0.29) is 24.7 Å². The lowest BCUT2D eigenvalue weighted by atomic mass is 10.2. The molecular formula is C17H28N4O2. The van der Waals surface area contributed by atoms with Crippen LogP contribution in [0.5, 0.6) is 0 Å². The van der Waals surface area contributed by atoms with Crippen LogP contribution in [0.4, 0.5) is 10.5 Å². The van der Waals surface area contributed by atoms with Crippen LogP contribution >= 0.6 is 0 Å². The van der Waals surface area contributed by atoms with Gasteiger partial charge in [-0.1, -0.05) is 18.2 Å². The van der Waals surface area contributed by atoms with Crippen molar-refractivity contribution in [1.29, 1.82) is 0 Å². The molecule has 23 heavy (non-hydrogen) atoms. The molecule has 0 saturated carbocycles. The molecule has 1 aliphatic rings. The first-order valence-electron chi connectivity index (χ1n) is 8.28. The maximum Gasteiger partial charge on any atom is 0.315 e. The van der Waals surface area contributed by atoms with Gasteiger partial charge in [0, 0.05) is 44.5 Å². The molecule has 2 rings (SSSR count). The monoisotopic (exact) mass is 320 g/mol. The Bertz CT molecular complexity index is 475. The number of aliphatic hydroxyl groups is 1. The number of amides is 2. The lowest BCUT2D eigenvalue weighted by Crippen LogP contribution is -2.53. The number of aliphatic hydroxyl groups excluding tert-OH is 1. The summed E-state index contributed by atoms with van der Waals surface area (Å²) in [6.45, 7) is 8.56. The second kappa shape index (κ2) is 8.74. The molecule has 1 heterocycles. The van der Waals surface area contributed by atoms with Crippen LogP contribution in [-0.2, 0) is 0 Å². The molecule has 0 aliphatic carbocycles. The van der Waals surface area contributed by atoms with E-state index in [0.29, 0.717) is 0 Å². The van der Waals surface area contributed by atoms with Crippen molar-refractivity contribution in [2.24, 2.45) is 0 Å². The van der Waals surface area contributed by atoms with Crippen molar-refractivity contribution in [2.75, 3.05) is 44.2 Å². The molecule has 0 bridgehead atoms. The zero-order valence-corrected chi connectivity index (χ0v) is 14.0. The lowest BCUT2D eigenvalue weighted by Gasteiger charge is -2.37. The van der Waals surface area contributed by atoms with E-state index in [0.717, 1.165) is 32.7 Å². The van der Waals surface area contributed by atoms with Gasteiger partial charge < -0.3 is 20.6 Å². The highest BCUT2D eigenvalue weighted by atomic mass is 16.3. The minimum Gasteiger partial charge on any atom is -0.394 e. The van der Waals surface area contributed by atoms with E-state index in [9.17, 15) is 4.79 Å². The number of nitrogens with zero attached hydrogens (tertiary/aromatic N) is 2. The predicted molar refractivity (Wildman–Crippen MR) is 92.8 cm³/mol. The molecular weight excluding hydrogens is 292 g/mol. The third kappa shape index (κ3) is 5.73. The Morgan fingerprint density at radius 3 is 2.30 bits per heavy atom. The highest BCUT2D eigenvalue weighted by Gasteiger charge is 2.19. The second-order valence-corrected chi connectivity index (χ2v) is 6.23. The minimum absolute atomic E-state index is 0.0523. The molecule has 1 saturated heterocycles. The third-order valence-corrected chi connectivity index (χ3v) is 4.05. The van der Waals surface area contributed by atoms with Crippen molar-refractivity contribution in [3.05, 3.63) is 30.3 Å². The van der Waals surface area contributed by atoms with Crippen molar-refractivity contribution in [3.63, 3.8) is 0 Å². The van der Waals surface area contributed by atoms with Gasteiger partial charge in [0.2, 0.25) is 0 Å². The fourth-order valence-electron chi connectivity index (χ4n) is 2.80. The highest BCUT2D eigenvalue weighted by molar-refractivity contribution is 5.74. The standard InChI is InChI=1S/C17H28N4O2/c1-14(18-17(23)19-15(2)13-22)12-20-8-10-21(11-9-20)16-6-4-3-5-7-16/h3-7,14-15,22H,8-13H2,1-2H3,(H2,18,19,23)/t14-,15+/m0/s1. The van der Waals surface area contributed by atoms with Gasteiger partial charge in [-0.25, -0.2) is 4.79 Å². The molecule has 1 aliphatic heterocycles. The summed E-state index contributed by atoms with van der Waals surface area (Å²) in [5.74, 6) is 0. The summed E-state index contributed by atoms with van der Waals surface area (Å²) in [5.41, 5.74) is 1.27. The van der Waals surface area contributed by atoms with Crippen LogP contribution in [0, 0.1) is 0 Å². The van der Waals surface area contributed by atoms with Gasteiger partial charge in [0.1, 0.15) is 0 Å². The summed E-state index contributed by atoms with van der Waals surface area (Å²) in [4.78, 5) is 16.5. The molecule has 0 aromatic heterocycles. The van der Waals surface area contributed by atoms with Crippen molar-refractivity contribution >= 4 is 11.7 Å². The van der Waals surface area contributed by atoms with Crippen LogP contribution in [0.1, 0.15) is 13.8 Å². The number of carbonyl (C=O) groups excluding carboxylic acids is 1. The van der Waals surface area contributed by atoms with E-state index in [1.54, 1.807) is 6.92 Å². The molecule has 2 atom stereocenters. The molecule has 128 valence electrons. The number of urea groups is 1. The molecule has 0 unspecified atom stereocenters. The fraction of sp³-hybridized carbons (Fsp3) is 0.588. The van der Waals surface area contributed by atoms with Crippen LogP contribution in [0.3, 0.4) is 0 Å². The van der Waals surface area contributed by atoms with Crippen LogP contribution in [0.15, 0.2) is 30.3 Å². The van der Waals surface area contributed by atoms with E-state index in [2.05, 4.69) is 44.7 Å². The molecule has 0 spiro atoms. The molecule has 1 fully saturated rings. The lowest BCUT2D eigenvalue weighted by molar-refractivity contribution is 0.207. The van der Waals surface area contributed by atoms with E-state index < -0.39 is 0 Å². The van der Waals surface area contributed by atoms with Crippen molar-refractivity contribution in [1.82, 2.24) is 15.5 Å². The molecule has 6 nitrogen and oxygen atoms in total. The van der Waals surface area contributed by atoms with Crippen LogP contribution in [-0.4, -0.2) is 67.5 Å². The number of carbonyl (C=O) groups is 1. The Labute approximate surface area is 138 Å². The third-order valence-electron chi connectivity index (χ3n) is 4.05. The average Bonchev–Trinajstić information content (AvgIpc) is 2.56. The van der Waals surface area contributed by atoms with E-state index in [4.69, 9.17) is 5.11 Å². The number of nitrogens with one attached hydrogen (secondary N) is 2. The van der Waals surface area contributed by atoms with Gasteiger partial charge in [-0.15, -0.1) is 0 Å². The molecule has 0 radical (unpaired) electrons. The van der Waals surface area contributed by atoms with Gasteiger partial charge in [-0.2, -0.15) is 0 Å². The van der Waals surface area contributed by atoms with Gasteiger partial charge in [0.05, 0.1) is 12.6 Å². The topological polar surface area (TPSA) is 67.8 Å². The molecule has 1 aromatic carbocycles. The highest BCUT2D eigenvalue weighted by Crippen LogP contribution is 2.15. The van der Waals surface area contributed by atoms with Crippen molar-refractivity contribution in [2.45, 2.75) is 25.9 Å². The molecule has 2 amide bonds. The Hall–Kier alpha value is -1.79. The van der Waals surface area contributed by atoms with Gasteiger partial charge in [0.25, 0.3) is 0 Å². The summed E-state index contributed by atoms with van der Waals surface area (Å²) in [6, 6.07) is 10.1. The summed E-state index contributed by atoms with van der Waals surface area (Å²) in [6.07, 6.45) is 0. The maximum atomic E-state index is 11.7. The van der Waals surface area contributed by atoms with E-state index in [1.165, 1.54) is 5.69 Å². The minimum atomic E-state index is -0.225. The Morgan fingerprint density at radius 1 is 1.09 bits per heavy atom. The molecule has 1 aromatic rings. The molecule has 6 heteroatoms. The van der Waals surface area contributed by atoms with Crippen LogP contribution in [0.2, 0.25) is 0 Å². The number of hydrogen-bond acceptors (Lipinski definition) is 4. The van der Waals surface area contributed by atoms with Crippen molar-refractivity contribution in [3.8, 4) is 0 Å². The smallest absolute Gasteiger partial charge is 0.315 e. The zero-order valence-electron chi connectivity index (χ0n) is 14.0. The van der Waals surface area contributed by atoms with Gasteiger partial charge in [0.15, 0.2) is 0 Å². The number of anilines is 1. The summed E-state index contributed by atoms with van der Waals surface area (Å²) in [5, 5.41) is 14.6. The number of rotatable bonds is 6. The summed E-state index contributed by atoms with van der Waals surface area (Å²) in [7, 11) is 0. The number of piperazine rings is 1. The maximum absolute atomic E-state index is 11.7. The summed E-state index contributed by atoms with van der Waals surface area (Å²) < 4.78 is 0. The van der Waals surface area contributed by atoms with E-state index in [1.807, 2.05) is 13.0 Å². The Morgan fingerprint density at radius 2 is 1.70 bits per heavy atom. The van der Waals surface area contributed by atoms with Gasteiger partial charge in [-0.05, 0) is 26.0 Å². The predicted octanol–water partition coefficient (Wildman–Crippen LogP) is 0.877. The number of para-hydroxylation sites is 1. The zero-order chi connectivity index (χ0) is 16.7. The summed E-state index contributed by atoms with van der Waals surface area (Å²) >= 11 is 0. The first kappa shape index (κ1) is 17.6. The van der Waals surface area contributed by atoms with Gasteiger partial charge >= 0.3 is 6.03 Å². The Kier molecular flexibility index (Phi) is 6.67. The SMILES string of the molecule is C[C@H](CO)NC(=O)N[C@@H](C)CN1CCN(c2ccccc2)CC1. The Balaban J connectivity index is 1.70. The first-order valence-corrected chi connectivity index (χ1v) is 8.28. The quantitative estimate of drug-likeness (QED) is 0.728. The first-order chi connectivity index (χ1) is 11.1. The van der Waals surface area contributed by atoms with Crippen LogP contribution < -0.4 is 15.5 Å². The largest absolute Gasteiger partial charge is 0.394 e. The number of benzene rings is 1. The fourth-order valence-corrected chi connectivity index (χ4v) is 2.80. The average molecular weight is 320 g/mol. The normalized spacial score (nSPS) is 18.3. The van der Waals surface area contributed by atoms with Gasteiger partial charge in [-0.3, -0.25) is 4.90 Å². The van der Waals surface area contributed by atoms with E-state index >= 15 is 0 Å². The second-order valence-electron chi connectivity index (χ2n) is 6.23. The number of hydrogen-bond donors (Lipinski definition) is 3. The molecule has 3 N–H and O–H groups in total.